The first kappa shape index (κ1) is 17.9. The largest absolute Gasteiger partial charge is 0.463 e. The summed E-state index contributed by atoms with van der Waals surface area (Å²) in [6.45, 7) is 3.94. The summed E-state index contributed by atoms with van der Waals surface area (Å²) in [6.07, 6.45) is 2.00. The van der Waals surface area contributed by atoms with Crippen molar-refractivity contribution in [3.05, 3.63) is 45.3 Å². The van der Waals surface area contributed by atoms with Crippen LogP contribution in [0.2, 0.25) is 5.02 Å². The molecule has 7 heteroatoms. The predicted octanol–water partition coefficient (Wildman–Crippen LogP) is 3.60. The lowest BCUT2D eigenvalue weighted by Crippen LogP contribution is -2.34. The van der Waals surface area contributed by atoms with Crippen LogP contribution in [0.5, 0.6) is 11.5 Å². The zero-order chi connectivity index (χ0) is 19.1. The van der Waals surface area contributed by atoms with Crippen LogP contribution < -0.4 is 14.8 Å². The number of allylic oxidation sites excluding steroid dienone is 3. The van der Waals surface area contributed by atoms with Crippen molar-refractivity contribution in [3.63, 3.8) is 0 Å². The van der Waals surface area contributed by atoms with Crippen LogP contribution in [0.15, 0.2) is 34.7 Å². The number of ether oxygens (including phenoxy) is 3. The summed E-state index contributed by atoms with van der Waals surface area (Å²) in [7, 11) is 0. The van der Waals surface area contributed by atoms with Crippen LogP contribution in [0, 0.1) is 0 Å². The highest BCUT2D eigenvalue weighted by atomic mass is 35.5. The van der Waals surface area contributed by atoms with Gasteiger partial charge in [-0.25, -0.2) is 4.79 Å². The van der Waals surface area contributed by atoms with Crippen molar-refractivity contribution in [2.75, 3.05) is 13.4 Å². The molecule has 0 bridgehead atoms. The first-order chi connectivity index (χ1) is 13.0. The molecule has 1 aromatic carbocycles. The maximum Gasteiger partial charge on any atom is 0.336 e. The molecule has 0 amide bonds. The minimum atomic E-state index is -0.588. The number of fused-ring (bicyclic) bond motifs is 1. The zero-order valence-corrected chi connectivity index (χ0v) is 15.9. The third kappa shape index (κ3) is 2.98. The molecule has 1 aliphatic carbocycles. The molecule has 27 heavy (non-hydrogen) atoms. The Bertz CT molecular complexity index is 902. The highest BCUT2D eigenvalue weighted by Crippen LogP contribution is 2.47. The molecular formula is C20H20ClNO5. The van der Waals surface area contributed by atoms with Gasteiger partial charge >= 0.3 is 5.97 Å². The van der Waals surface area contributed by atoms with Gasteiger partial charge in [0, 0.05) is 40.4 Å². The third-order valence-corrected chi connectivity index (χ3v) is 5.40. The Morgan fingerprint density at radius 1 is 1.30 bits per heavy atom. The molecule has 1 unspecified atom stereocenters. The van der Waals surface area contributed by atoms with Gasteiger partial charge in [-0.15, -0.1) is 0 Å². The lowest BCUT2D eigenvalue weighted by molar-refractivity contribution is -0.138. The van der Waals surface area contributed by atoms with Gasteiger partial charge in [0.05, 0.1) is 12.2 Å². The lowest BCUT2D eigenvalue weighted by Gasteiger charge is -2.34. The van der Waals surface area contributed by atoms with Crippen molar-refractivity contribution < 1.29 is 23.8 Å². The van der Waals surface area contributed by atoms with Gasteiger partial charge in [0.1, 0.15) is 0 Å². The second-order valence-electron chi connectivity index (χ2n) is 6.71. The van der Waals surface area contributed by atoms with Gasteiger partial charge in [0.2, 0.25) is 6.79 Å². The second-order valence-corrected chi connectivity index (χ2v) is 7.12. The van der Waals surface area contributed by atoms with Crippen molar-refractivity contribution in [2.45, 2.75) is 39.0 Å². The molecule has 0 spiro atoms. The Morgan fingerprint density at radius 3 is 2.78 bits per heavy atom. The molecule has 3 aliphatic rings. The van der Waals surface area contributed by atoms with E-state index < -0.39 is 11.9 Å². The van der Waals surface area contributed by atoms with Gasteiger partial charge < -0.3 is 19.5 Å². The zero-order valence-electron chi connectivity index (χ0n) is 15.2. The first-order valence-corrected chi connectivity index (χ1v) is 9.39. The van der Waals surface area contributed by atoms with Gasteiger partial charge in [-0.1, -0.05) is 11.6 Å². The molecule has 1 N–H and O–H groups in total. The third-order valence-electron chi connectivity index (χ3n) is 5.07. The molecule has 0 radical (unpaired) electrons. The summed E-state index contributed by atoms with van der Waals surface area (Å²) >= 11 is 6.55. The number of ketones is 1. The number of benzene rings is 1. The van der Waals surface area contributed by atoms with Crippen LogP contribution in [-0.4, -0.2) is 25.2 Å². The van der Waals surface area contributed by atoms with E-state index in [2.05, 4.69) is 5.32 Å². The summed E-state index contributed by atoms with van der Waals surface area (Å²) in [5.74, 6) is 0.0949. The van der Waals surface area contributed by atoms with E-state index in [1.807, 2.05) is 6.92 Å². The number of hydrogen-bond donors (Lipinski definition) is 1. The minimum absolute atomic E-state index is 0.0248. The monoisotopic (exact) mass is 389 g/mol. The van der Waals surface area contributed by atoms with Crippen LogP contribution in [0.1, 0.15) is 44.6 Å². The summed E-state index contributed by atoms with van der Waals surface area (Å²) in [6, 6.07) is 3.44. The smallest absolute Gasteiger partial charge is 0.336 e. The molecule has 0 aromatic heterocycles. The van der Waals surface area contributed by atoms with E-state index in [0.717, 1.165) is 18.5 Å². The standard InChI is InChI=1S/C20H20ClNO5/c1-3-25-20(24)17-10(2)22-13-5-4-6-14(23)19(13)18(17)11-7-15-16(8-12(11)21)27-9-26-15/h7-8,18,22H,3-6,9H2,1-2H3. The van der Waals surface area contributed by atoms with E-state index in [1.54, 1.807) is 19.1 Å². The molecule has 1 aromatic rings. The average molecular weight is 390 g/mol. The van der Waals surface area contributed by atoms with Crippen LogP contribution in [-0.2, 0) is 14.3 Å². The normalized spacial score (nSPS) is 21.1. The maximum absolute atomic E-state index is 12.8. The molecule has 2 aliphatic heterocycles. The maximum atomic E-state index is 12.8. The van der Waals surface area contributed by atoms with Gasteiger partial charge in [0.25, 0.3) is 0 Å². The Balaban J connectivity index is 1.91. The Morgan fingerprint density at radius 2 is 2.04 bits per heavy atom. The SMILES string of the molecule is CCOC(=O)C1=C(C)NC2=C(C(=O)CCC2)C1c1cc2c(cc1Cl)OCO2. The fraction of sp³-hybridized carbons (Fsp3) is 0.400. The topological polar surface area (TPSA) is 73.9 Å². The number of carbonyl (C=O) groups excluding carboxylic acids is 2. The van der Waals surface area contributed by atoms with E-state index >= 15 is 0 Å². The second kappa shape index (κ2) is 6.93. The molecule has 0 saturated carbocycles. The molecule has 4 rings (SSSR count). The van der Waals surface area contributed by atoms with Crippen molar-refractivity contribution in [2.24, 2.45) is 0 Å². The van der Waals surface area contributed by atoms with Crippen molar-refractivity contribution in [1.29, 1.82) is 0 Å². The highest BCUT2D eigenvalue weighted by Gasteiger charge is 2.40. The van der Waals surface area contributed by atoms with Gasteiger partial charge in [-0.2, -0.15) is 0 Å². The summed E-state index contributed by atoms with van der Waals surface area (Å²) in [5.41, 5.74) is 3.19. The van der Waals surface area contributed by atoms with Crippen molar-refractivity contribution >= 4 is 23.4 Å². The Labute approximate surface area is 162 Å². The molecule has 142 valence electrons. The Kier molecular flexibility index (Phi) is 4.60. The molecular weight excluding hydrogens is 370 g/mol. The fourth-order valence-corrected chi connectivity index (χ4v) is 4.19. The van der Waals surface area contributed by atoms with Crippen LogP contribution in [0.4, 0.5) is 0 Å². The number of Topliss-reactive ketones (excluding diaryl/α,β-unsaturated/α-hetero) is 1. The van der Waals surface area contributed by atoms with Gasteiger partial charge in [-0.05, 0) is 38.3 Å². The molecule has 1 atom stereocenters. The quantitative estimate of drug-likeness (QED) is 0.796. The number of dihydropyridines is 1. The van der Waals surface area contributed by atoms with Crippen LogP contribution in [0.3, 0.4) is 0 Å². The van der Waals surface area contributed by atoms with E-state index in [4.69, 9.17) is 25.8 Å². The summed E-state index contributed by atoms with van der Waals surface area (Å²) in [5, 5.41) is 3.67. The van der Waals surface area contributed by atoms with Crippen LogP contribution >= 0.6 is 11.6 Å². The average Bonchev–Trinajstić information content (AvgIpc) is 3.07. The molecule has 2 heterocycles. The first-order valence-electron chi connectivity index (χ1n) is 9.01. The van der Waals surface area contributed by atoms with Crippen molar-refractivity contribution in [1.82, 2.24) is 5.32 Å². The van der Waals surface area contributed by atoms with E-state index in [-0.39, 0.29) is 19.2 Å². The number of nitrogens with one attached hydrogen (secondary N) is 1. The van der Waals surface area contributed by atoms with E-state index in [9.17, 15) is 9.59 Å². The minimum Gasteiger partial charge on any atom is -0.463 e. The van der Waals surface area contributed by atoms with E-state index in [0.29, 0.717) is 45.3 Å². The number of halogens is 1. The fourth-order valence-electron chi connectivity index (χ4n) is 3.93. The Hall–Kier alpha value is -2.47. The summed E-state index contributed by atoms with van der Waals surface area (Å²) < 4.78 is 16.2. The number of hydrogen-bond acceptors (Lipinski definition) is 6. The number of esters is 1. The van der Waals surface area contributed by atoms with E-state index in [1.165, 1.54) is 0 Å². The predicted molar refractivity (Wildman–Crippen MR) is 98.7 cm³/mol. The van der Waals surface area contributed by atoms with Gasteiger partial charge in [-0.3, -0.25) is 4.79 Å². The lowest BCUT2D eigenvalue weighted by atomic mass is 9.75. The van der Waals surface area contributed by atoms with Crippen LogP contribution in [0.25, 0.3) is 0 Å². The molecule has 6 nitrogen and oxygen atoms in total. The highest BCUT2D eigenvalue weighted by molar-refractivity contribution is 6.32. The van der Waals surface area contributed by atoms with Gasteiger partial charge in [0.15, 0.2) is 17.3 Å². The summed E-state index contributed by atoms with van der Waals surface area (Å²) in [4.78, 5) is 25.6. The number of carbonyl (C=O) groups is 2. The molecule has 0 fully saturated rings. The number of rotatable bonds is 3. The molecule has 0 saturated heterocycles. The van der Waals surface area contributed by atoms with Crippen molar-refractivity contribution in [3.8, 4) is 11.5 Å².